The monoisotopic (exact) mass is 420 g/mol. The molecule has 0 saturated heterocycles. The highest BCUT2D eigenvalue weighted by Crippen LogP contribution is 2.82. The van der Waals surface area contributed by atoms with Gasteiger partial charge >= 0.3 is 0 Å². The maximum absolute atomic E-state index is 2.40. The molecule has 0 heterocycles. The summed E-state index contributed by atoms with van der Waals surface area (Å²) in [5.41, 5.74) is 12.2. The Kier molecular flexibility index (Phi) is 2.99. The molecule has 0 aromatic heterocycles. The number of benzene rings is 4. The van der Waals surface area contributed by atoms with Gasteiger partial charge in [0, 0.05) is 0 Å². The second-order valence-corrected chi connectivity index (χ2v) is 10.8. The van der Waals surface area contributed by atoms with Crippen molar-refractivity contribution in [1.82, 2.24) is 0 Å². The third kappa shape index (κ3) is 1.93. The van der Waals surface area contributed by atoms with E-state index in [1.165, 1.54) is 39.4 Å². The normalized spacial score (nSPS) is 31.9. The van der Waals surface area contributed by atoms with Crippen molar-refractivity contribution in [2.24, 2.45) is 35.5 Å². The molecule has 6 aliphatic rings. The van der Waals surface area contributed by atoms with Crippen molar-refractivity contribution < 1.29 is 0 Å². The highest BCUT2D eigenvalue weighted by atomic mass is 14.8. The van der Waals surface area contributed by atoms with E-state index in [0.717, 1.165) is 23.7 Å². The zero-order valence-corrected chi connectivity index (χ0v) is 18.4. The lowest BCUT2D eigenvalue weighted by Gasteiger charge is -2.23. The Bertz CT molecular complexity index is 1440. The first-order valence-corrected chi connectivity index (χ1v) is 12.5. The van der Waals surface area contributed by atoms with Crippen molar-refractivity contribution in [3.05, 3.63) is 119 Å². The number of allylic oxidation sites excluding steroid dienone is 4. The van der Waals surface area contributed by atoms with Crippen molar-refractivity contribution >= 4 is 33.1 Å². The molecule has 4 atom stereocenters. The van der Waals surface area contributed by atoms with Crippen molar-refractivity contribution in [2.45, 2.75) is 6.42 Å². The molecule has 0 N–H and O–H groups in total. The lowest BCUT2D eigenvalue weighted by atomic mass is 9.80. The van der Waals surface area contributed by atoms with Crippen LogP contribution < -0.4 is 0 Å². The van der Waals surface area contributed by atoms with Crippen LogP contribution in [-0.4, -0.2) is 0 Å². The van der Waals surface area contributed by atoms with Gasteiger partial charge in [0.2, 0.25) is 0 Å². The minimum absolute atomic E-state index is 0.711. The molecule has 4 aromatic carbocycles. The van der Waals surface area contributed by atoms with E-state index >= 15 is 0 Å². The first-order chi connectivity index (χ1) is 16.4. The topological polar surface area (TPSA) is 0 Å². The van der Waals surface area contributed by atoms with E-state index in [4.69, 9.17) is 0 Å². The molecule has 4 fully saturated rings. The Morgan fingerprint density at radius 1 is 0.485 bits per heavy atom. The third-order valence-corrected chi connectivity index (χ3v) is 9.66. The van der Waals surface area contributed by atoms with E-state index in [-0.39, 0.29) is 0 Å². The Morgan fingerprint density at radius 3 is 1.48 bits per heavy atom. The molecule has 0 amide bonds. The molecule has 4 saturated carbocycles. The van der Waals surface area contributed by atoms with E-state index < -0.39 is 0 Å². The van der Waals surface area contributed by atoms with Crippen LogP contribution in [0.1, 0.15) is 28.7 Å². The number of hydrogen-bond acceptors (Lipinski definition) is 0. The van der Waals surface area contributed by atoms with Crippen molar-refractivity contribution in [3.8, 4) is 0 Å². The molecule has 6 aliphatic carbocycles. The maximum Gasteiger partial charge on any atom is -0.00262 e. The van der Waals surface area contributed by atoms with E-state index in [1.54, 1.807) is 22.3 Å². The van der Waals surface area contributed by atoms with Gasteiger partial charge in [0.25, 0.3) is 0 Å². The van der Waals surface area contributed by atoms with Gasteiger partial charge in [-0.3, -0.25) is 0 Å². The van der Waals surface area contributed by atoms with Crippen LogP contribution in [0.25, 0.3) is 33.1 Å². The van der Waals surface area contributed by atoms with Crippen molar-refractivity contribution in [1.29, 1.82) is 0 Å². The van der Waals surface area contributed by atoms with E-state index in [1.807, 2.05) is 0 Å². The van der Waals surface area contributed by atoms with Gasteiger partial charge in [-0.05, 0) is 97.2 Å². The van der Waals surface area contributed by atoms with Gasteiger partial charge in [-0.1, -0.05) is 97.1 Å². The summed E-state index contributed by atoms with van der Waals surface area (Å²) < 4.78 is 0. The van der Waals surface area contributed by atoms with Gasteiger partial charge < -0.3 is 0 Å². The van der Waals surface area contributed by atoms with Crippen LogP contribution in [0.2, 0.25) is 0 Å². The largest absolute Gasteiger partial charge is 0.0622 e. The van der Waals surface area contributed by atoms with Gasteiger partial charge in [-0.15, -0.1) is 0 Å². The smallest absolute Gasteiger partial charge is 0.00262 e. The molecule has 4 unspecified atom stereocenters. The molecule has 0 aliphatic heterocycles. The average Bonchev–Trinajstić information content (AvgIpc) is 3.14. The summed E-state index contributed by atoms with van der Waals surface area (Å²) in [6.45, 7) is 0. The minimum atomic E-state index is 0.711. The summed E-state index contributed by atoms with van der Waals surface area (Å²) in [5, 5.41) is 2.84. The summed E-state index contributed by atoms with van der Waals surface area (Å²) in [5.74, 6) is 4.96. The Hall–Kier alpha value is -3.38. The SMILES string of the molecule is c1ccc(C2=C3C(=C(c4ccccc4)C4C5CC6C(C25)C64)c2cccc4cccc3c24)cc1. The Balaban J connectivity index is 1.50. The summed E-state index contributed by atoms with van der Waals surface area (Å²) in [6, 6.07) is 36.7. The highest BCUT2D eigenvalue weighted by Gasteiger charge is 2.75. The van der Waals surface area contributed by atoms with Crippen LogP contribution in [0.5, 0.6) is 0 Å². The molecule has 6 bridgehead atoms. The molecular formula is C33H24. The lowest BCUT2D eigenvalue weighted by molar-refractivity contribution is 0.456. The molecule has 156 valence electrons. The summed E-state index contributed by atoms with van der Waals surface area (Å²) >= 11 is 0. The first-order valence-electron chi connectivity index (χ1n) is 12.5. The van der Waals surface area contributed by atoms with E-state index in [2.05, 4.69) is 97.1 Å². The average molecular weight is 421 g/mol. The van der Waals surface area contributed by atoms with Gasteiger partial charge in [0.1, 0.15) is 0 Å². The van der Waals surface area contributed by atoms with E-state index in [9.17, 15) is 0 Å². The molecule has 33 heavy (non-hydrogen) atoms. The van der Waals surface area contributed by atoms with Crippen LogP contribution >= 0.6 is 0 Å². The molecule has 10 rings (SSSR count). The zero-order chi connectivity index (χ0) is 21.3. The fourth-order valence-electron chi connectivity index (χ4n) is 8.80. The van der Waals surface area contributed by atoms with Crippen LogP contribution in [0.4, 0.5) is 0 Å². The number of hydrogen-bond donors (Lipinski definition) is 0. The molecule has 0 nitrogen and oxygen atoms in total. The first kappa shape index (κ1) is 17.1. The predicted octanol–water partition coefficient (Wildman–Crippen LogP) is 7.82. The van der Waals surface area contributed by atoms with Gasteiger partial charge in [0.15, 0.2) is 0 Å². The molecule has 4 aromatic rings. The fourth-order valence-corrected chi connectivity index (χ4v) is 8.80. The van der Waals surface area contributed by atoms with Crippen molar-refractivity contribution in [2.75, 3.05) is 0 Å². The van der Waals surface area contributed by atoms with Crippen LogP contribution in [-0.2, 0) is 0 Å². The van der Waals surface area contributed by atoms with Gasteiger partial charge in [0.05, 0.1) is 0 Å². The van der Waals surface area contributed by atoms with Gasteiger partial charge in [-0.2, -0.15) is 0 Å². The third-order valence-electron chi connectivity index (χ3n) is 9.66. The quantitative estimate of drug-likeness (QED) is 0.310. The summed E-state index contributed by atoms with van der Waals surface area (Å²) in [7, 11) is 0. The standard InChI is InChI=1S/C33H24/c1-3-9-19(10-4-1)26-28-21-15-7-13-18-14-8-16-22(25(18)21)29(28)27(20-11-5-2-6-12-20)31-23-17-24-32(30(23)26)33(24)31/h1-16,23-24,30-33H,17H2. The van der Waals surface area contributed by atoms with E-state index in [0.29, 0.717) is 11.8 Å². The van der Waals surface area contributed by atoms with Crippen LogP contribution in [0.15, 0.2) is 97.1 Å². The van der Waals surface area contributed by atoms with Crippen LogP contribution in [0, 0.1) is 35.5 Å². The second kappa shape index (κ2) is 5.75. The summed E-state index contributed by atoms with van der Waals surface area (Å²) in [4.78, 5) is 0. The number of fused-ring (bicyclic) bond motifs is 3. The molecule has 0 radical (unpaired) electrons. The van der Waals surface area contributed by atoms with Crippen molar-refractivity contribution in [3.63, 3.8) is 0 Å². The molecule has 0 spiro atoms. The minimum Gasteiger partial charge on any atom is -0.0622 e. The predicted molar refractivity (Wildman–Crippen MR) is 136 cm³/mol. The summed E-state index contributed by atoms with van der Waals surface area (Å²) in [6.07, 6.45) is 1.43. The second-order valence-electron chi connectivity index (χ2n) is 10.8. The Labute approximate surface area is 194 Å². The maximum atomic E-state index is 2.40. The highest BCUT2D eigenvalue weighted by molar-refractivity contribution is 6.33. The number of rotatable bonds is 2. The fraction of sp³-hybridized carbons (Fsp3) is 0.212. The molecular weight excluding hydrogens is 396 g/mol. The van der Waals surface area contributed by atoms with Gasteiger partial charge in [-0.25, -0.2) is 0 Å². The zero-order valence-electron chi connectivity index (χ0n) is 18.4. The Morgan fingerprint density at radius 2 is 1.00 bits per heavy atom. The van der Waals surface area contributed by atoms with Crippen LogP contribution in [0.3, 0.4) is 0 Å². The molecule has 0 heteroatoms. The lowest BCUT2D eigenvalue weighted by Crippen LogP contribution is -2.14.